The quantitative estimate of drug-likeness (QED) is 0.865. The molecule has 1 heterocycles. The van der Waals surface area contributed by atoms with Crippen molar-refractivity contribution in [2.24, 2.45) is 0 Å². The number of fused-ring (bicyclic) bond motifs is 1. The highest BCUT2D eigenvalue weighted by Crippen LogP contribution is 2.24. The molecule has 1 aromatic carbocycles. The van der Waals surface area contributed by atoms with Crippen LogP contribution in [0, 0.1) is 0 Å². The maximum absolute atomic E-state index is 11.0. The summed E-state index contributed by atoms with van der Waals surface area (Å²) in [5.74, 6) is 0.0641. The first-order valence-electron chi connectivity index (χ1n) is 6.41. The van der Waals surface area contributed by atoms with E-state index in [4.69, 9.17) is 9.52 Å². The van der Waals surface area contributed by atoms with Gasteiger partial charge in [-0.1, -0.05) is 20.8 Å². The first kappa shape index (κ1) is 13.4. The SMILES string of the molecule is CCC(Nc1ccc2oc(C(C)C)nc2c1)C(=O)O. The Morgan fingerprint density at radius 2 is 2.21 bits per heavy atom. The van der Waals surface area contributed by atoms with Gasteiger partial charge in [0.05, 0.1) is 0 Å². The van der Waals surface area contributed by atoms with Crippen molar-refractivity contribution < 1.29 is 14.3 Å². The maximum Gasteiger partial charge on any atom is 0.326 e. The van der Waals surface area contributed by atoms with E-state index >= 15 is 0 Å². The summed E-state index contributed by atoms with van der Waals surface area (Å²) in [4.78, 5) is 15.4. The monoisotopic (exact) mass is 262 g/mol. The van der Waals surface area contributed by atoms with Gasteiger partial charge in [0.25, 0.3) is 0 Å². The van der Waals surface area contributed by atoms with Crippen molar-refractivity contribution in [3.05, 3.63) is 24.1 Å². The Kier molecular flexibility index (Phi) is 3.74. The van der Waals surface area contributed by atoms with Crippen molar-refractivity contribution >= 4 is 22.8 Å². The fourth-order valence-electron chi connectivity index (χ4n) is 1.82. The van der Waals surface area contributed by atoms with E-state index in [0.717, 1.165) is 16.8 Å². The summed E-state index contributed by atoms with van der Waals surface area (Å²) in [7, 11) is 0. The van der Waals surface area contributed by atoms with Crippen LogP contribution in [0.5, 0.6) is 0 Å². The molecule has 0 aliphatic heterocycles. The molecule has 0 radical (unpaired) electrons. The van der Waals surface area contributed by atoms with E-state index in [0.29, 0.717) is 12.3 Å². The Hall–Kier alpha value is -2.04. The summed E-state index contributed by atoms with van der Waals surface area (Å²) in [6.45, 7) is 5.86. The zero-order valence-corrected chi connectivity index (χ0v) is 11.3. The van der Waals surface area contributed by atoms with Crippen LogP contribution >= 0.6 is 0 Å². The standard InChI is InChI=1S/C14H18N2O3/c1-4-10(14(17)18)15-9-5-6-12-11(7-9)16-13(19-12)8(2)3/h5-8,10,15H,4H2,1-3H3,(H,17,18). The number of anilines is 1. The van der Waals surface area contributed by atoms with Crippen molar-refractivity contribution in [3.8, 4) is 0 Å². The van der Waals surface area contributed by atoms with Gasteiger partial charge in [0.2, 0.25) is 0 Å². The lowest BCUT2D eigenvalue weighted by molar-refractivity contribution is -0.137. The van der Waals surface area contributed by atoms with Crippen LogP contribution in [0.1, 0.15) is 39.0 Å². The third kappa shape index (κ3) is 2.86. The van der Waals surface area contributed by atoms with E-state index in [-0.39, 0.29) is 5.92 Å². The fourth-order valence-corrected chi connectivity index (χ4v) is 1.82. The van der Waals surface area contributed by atoms with Gasteiger partial charge in [-0.25, -0.2) is 9.78 Å². The number of carboxylic acids is 1. The molecule has 102 valence electrons. The highest BCUT2D eigenvalue weighted by Gasteiger charge is 2.15. The topological polar surface area (TPSA) is 75.4 Å². The molecule has 5 heteroatoms. The number of nitrogens with zero attached hydrogens (tertiary/aromatic N) is 1. The normalized spacial score (nSPS) is 12.8. The summed E-state index contributed by atoms with van der Waals surface area (Å²) in [6.07, 6.45) is 0.517. The van der Waals surface area contributed by atoms with Gasteiger partial charge in [0, 0.05) is 11.6 Å². The number of carboxylic acid groups (broad SMARTS) is 1. The third-order valence-corrected chi connectivity index (χ3v) is 2.95. The molecule has 1 unspecified atom stereocenters. The molecule has 0 amide bonds. The predicted molar refractivity (Wildman–Crippen MR) is 73.4 cm³/mol. The van der Waals surface area contributed by atoms with Gasteiger partial charge in [-0.3, -0.25) is 0 Å². The maximum atomic E-state index is 11.0. The number of benzene rings is 1. The highest BCUT2D eigenvalue weighted by atomic mass is 16.4. The summed E-state index contributed by atoms with van der Waals surface area (Å²) >= 11 is 0. The molecule has 0 aliphatic carbocycles. The number of carbonyl (C=O) groups is 1. The Morgan fingerprint density at radius 3 is 2.79 bits per heavy atom. The van der Waals surface area contributed by atoms with Gasteiger partial charge in [-0.2, -0.15) is 0 Å². The van der Waals surface area contributed by atoms with Crippen molar-refractivity contribution in [3.63, 3.8) is 0 Å². The molecule has 19 heavy (non-hydrogen) atoms. The summed E-state index contributed by atoms with van der Waals surface area (Å²) in [6, 6.07) is 4.85. The molecule has 0 saturated heterocycles. The Morgan fingerprint density at radius 1 is 1.47 bits per heavy atom. The Balaban J connectivity index is 2.28. The van der Waals surface area contributed by atoms with Crippen molar-refractivity contribution in [1.82, 2.24) is 4.98 Å². The second-order valence-electron chi connectivity index (χ2n) is 4.83. The number of hydrogen-bond donors (Lipinski definition) is 2. The van der Waals surface area contributed by atoms with Gasteiger partial charge in [-0.05, 0) is 24.6 Å². The minimum atomic E-state index is -0.856. The lowest BCUT2D eigenvalue weighted by Crippen LogP contribution is -2.28. The largest absolute Gasteiger partial charge is 0.480 e. The van der Waals surface area contributed by atoms with Crippen molar-refractivity contribution in [2.45, 2.75) is 39.2 Å². The van der Waals surface area contributed by atoms with Gasteiger partial charge >= 0.3 is 5.97 Å². The average molecular weight is 262 g/mol. The Bertz CT molecular complexity index is 589. The molecule has 0 spiro atoms. The molecular formula is C14H18N2O3. The second kappa shape index (κ2) is 5.30. The predicted octanol–water partition coefficient (Wildman–Crippen LogP) is 3.23. The minimum absolute atomic E-state index is 0.228. The number of aromatic nitrogens is 1. The zero-order valence-electron chi connectivity index (χ0n) is 11.3. The molecule has 1 atom stereocenters. The van der Waals surface area contributed by atoms with E-state index < -0.39 is 12.0 Å². The van der Waals surface area contributed by atoms with Crippen LogP contribution < -0.4 is 5.32 Å². The summed E-state index contributed by atoms with van der Waals surface area (Å²) < 4.78 is 5.61. The van der Waals surface area contributed by atoms with E-state index in [1.807, 2.05) is 39.0 Å². The van der Waals surface area contributed by atoms with E-state index in [1.54, 1.807) is 0 Å². The molecule has 0 saturated carbocycles. The number of nitrogens with one attached hydrogen (secondary N) is 1. The lowest BCUT2D eigenvalue weighted by Gasteiger charge is -2.13. The number of aliphatic carboxylic acids is 1. The molecule has 2 N–H and O–H groups in total. The van der Waals surface area contributed by atoms with Crippen LogP contribution in [0.25, 0.3) is 11.1 Å². The van der Waals surface area contributed by atoms with E-state index in [9.17, 15) is 4.79 Å². The van der Waals surface area contributed by atoms with Crippen LogP contribution in [0.3, 0.4) is 0 Å². The average Bonchev–Trinajstić information content (AvgIpc) is 2.78. The highest BCUT2D eigenvalue weighted by molar-refractivity contribution is 5.81. The molecule has 0 fully saturated rings. The Labute approximate surface area is 111 Å². The molecule has 0 aliphatic rings. The van der Waals surface area contributed by atoms with Crippen molar-refractivity contribution in [2.75, 3.05) is 5.32 Å². The van der Waals surface area contributed by atoms with Crippen LogP contribution in [-0.2, 0) is 4.79 Å². The molecule has 2 aromatic rings. The molecule has 5 nitrogen and oxygen atoms in total. The minimum Gasteiger partial charge on any atom is -0.480 e. The van der Waals surface area contributed by atoms with Gasteiger partial charge in [0.15, 0.2) is 11.5 Å². The first-order chi connectivity index (χ1) is 9.01. The van der Waals surface area contributed by atoms with Crippen molar-refractivity contribution in [1.29, 1.82) is 0 Å². The summed E-state index contributed by atoms with van der Waals surface area (Å²) in [5, 5.41) is 12.0. The lowest BCUT2D eigenvalue weighted by atomic mass is 10.2. The van der Waals surface area contributed by atoms with E-state index in [2.05, 4.69) is 10.3 Å². The first-order valence-corrected chi connectivity index (χ1v) is 6.41. The molecule has 2 rings (SSSR count). The van der Waals surface area contributed by atoms with Crippen LogP contribution in [0.15, 0.2) is 22.6 Å². The molecule has 0 bridgehead atoms. The number of hydrogen-bond acceptors (Lipinski definition) is 4. The van der Waals surface area contributed by atoms with E-state index in [1.165, 1.54) is 0 Å². The number of rotatable bonds is 5. The zero-order chi connectivity index (χ0) is 14.0. The summed E-state index contributed by atoms with van der Waals surface area (Å²) in [5.41, 5.74) is 2.21. The molecule has 1 aromatic heterocycles. The smallest absolute Gasteiger partial charge is 0.326 e. The van der Waals surface area contributed by atoms with Gasteiger partial charge in [-0.15, -0.1) is 0 Å². The van der Waals surface area contributed by atoms with Gasteiger partial charge in [0.1, 0.15) is 11.6 Å². The van der Waals surface area contributed by atoms with Crippen LogP contribution in [-0.4, -0.2) is 22.1 Å². The third-order valence-electron chi connectivity index (χ3n) is 2.95. The van der Waals surface area contributed by atoms with Crippen LogP contribution in [0.2, 0.25) is 0 Å². The second-order valence-corrected chi connectivity index (χ2v) is 4.83. The fraction of sp³-hybridized carbons (Fsp3) is 0.429. The van der Waals surface area contributed by atoms with Crippen LogP contribution in [0.4, 0.5) is 5.69 Å². The van der Waals surface area contributed by atoms with Gasteiger partial charge < -0.3 is 14.8 Å². The molecular weight excluding hydrogens is 244 g/mol. The number of oxazole rings is 1.